The second kappa shape index (κ2) is 6.45. The molecule has 4 heteroatoms. The third kappa shape index (κ3) is 3.19. The van der Waals surface area contributed by atoms with Crippen molar-refractivity contribution in [3.8, 4) is 11.5 Å². The molecule has 0 saturated heterocycles. The molecule has 0 spiro atoms. The zero-order valence-electron chi connectivity index (χ0n) is 11.5. The number of fused-ring (bicyclic) bond motifs is 1. The van der Waals surface area contributed by atoms with Gasteiger partial charge in [0.25, 0.3) is 0 Å². The monoisotopic (exact) mass is 264 g/mol. The predicted molar refractivity (Wildman–Crippen MR) is 71.7 cm³/mol. The van der Waals surface area contributed by atoms with Crippen LogP contribution in [0.3, 0.4) is 0 Å². The lowest BCUT2D eigenvalue weighted by atomic mass is 9.96. The average Bonchev–Trinajstić information content (AvgIpc) is 2.64. The molecule has 0 amide bonds. The van der Waals surface area contributed by atoms with Crippen molar-refractivity contribution in [3.63, 3.8) is 0 Å². The Balaban J connectivity index is 2.24. The molecule has 0 bridgehead atoms. The molecule has 1 heterocycles. The van der Waals surface area contributed by atoms with E-state index in [1.165, 1.54) is 0 Å². The highest BCUT2D eigenvalue weighted by Gasteiger charge is 2.22. The third-order valence-corrected chi connectivity index (χ3v) is 3.15. The number of hydrogen-bond donors (Lipinski definition) is 0. The van der Waals surface area contributed by atoms with Crippen molar-refractivity contribution < 1.29 is 19.0 Å². The van der Waals surface area contributed by atoms with Crippen LogP contribution in [0.15, 0.2) is 18.2 Å². The second-order valence-corrected chi connectivity index (χ2v) is 4.47. The smallest absolute Gasteiger partial charge is 0.313 e. The number of benzene rings is 1. The Morgan fingerprint density at radius 3 is 2.68 bits per heavy atom. The predicted octanol–water partition coefficient (Wildman–Crippen LogP) is 2.90. The van der Waals surface area contributed by atoms with Crippen LogP contribution in [0.1, 0.15) is 38.2 Å². The van der Waals surface area contributed by atoms with Crippen molar-refractivity contribution in [1.82, 2.24) is 0 Å². The second-order valence-electron chi connectivity index (χ2n) is 4.47. The Hall–Kier alpha value is -1.71. The van der Waals surface area contributed by atoms with Gasteiger partial charge in [-0.1, -0.05) is 13.0 Å². The van der Waals surface area contributed by atoms with Gasteiger partial charge >= 0.3 is 5.97 Å². The number of esters is 1. The summed E-state index contributed by atoms with van der Waals surface area (Å²) in [7, 11) is 0. The molecule has 2 rings (SSSR count). The van der Waals surface area contributed by atoms with Crippen LogP contribution < -0.4 is 9.47 Å². The third-order valence-electron chi connectivity index (χ3n) is 3.15. The Labute approximate surface area is 113 Å². The molecule has 0 radical (unpaired) electrons. The first kappa shape index (κ1) is 13.7. The van der Waals surface area contributed by atoms with E-state index in [0.29, 0.717) is 26.2 Å². The normalized spacial score (nSPS) is 15.5. The summed E-state index contributed by atoms with van der Waals surface area (Å²) in [5, 5.41) is 0. The van der Waals surface area contributed by atoms with Crippen LogP contribution in [-0.4, -0.2) is 25.8 Å². The first-order valence-electron chi connectivity index (χ1n) is 6.82. The summed E-state index contributed by atoms with van der Waals surface area (Å²) < 4.78 is 16.3. The molecule has 1 aliphatic rings. The first-order chi connectivity index (χ1) is 9.26. The Bertz CT molecular complexity index is 442. The van der Waals surface area contributed by atoms with E-state index in [-0.39, 0.29) is 11.9 Å². The quantitative estimate of drug-likeness (QED) is 0.784. The van der Waals surface area contributed by atoms with E-state index in [1.807, 2.05) is 32.0 Å². The molecular weight excluding hydrogens is 244 g/mol. The van der Waals surface area contributed by atoms with E-state index in [2.05, 4.69) is 0 Å². The van der Waals surface area contributed by atoms with Gasteiger partial charge in [0.05, 0.1) is 25.7 Å². The lowest BCUT2D eigenvalue weighted by Crippen LogP contribution is -2.15. The van der Waals surface area contributed by atoms with Crippen LogP contribution in [0.4, 0.5) is 0 Å². The van der Waals surface area contributed by atoms with Gasteiger partial charge in [0.1, 0.15) is 0 Å². The van der Waals surface area contributed by atoms with Crippen LogP contribution in [0, 0.1) is 0 Å². The lowest BCUT2D eigenvalue weighted by Gasteiger charge is -2.16. The molecule has 1 atom stereocenters. The standard InChI is InChI=1S/C15H20O4/c1-3-12(15(16)17-4-2)11-6-7-13-14(10-11)19-9-5-8-18-13/h6-7,10,12H,3-5,8-9H2,1-2H3. The molecule has 0 saturated carbocycles. The fourth-order valence-electron chi connectivity index (χ4n) is 2.18. The highest BCUT2D eigenvalue weighted by atomic mass is 16.5. The van der Waals surface area contributed by atoms with Crippen molar-refractivity contribution in [3.05, 3.63) is 23.8 Å². The van der Waals surface area contributed by atoms with Gasteiger partial charge in [-0.25, -0.2) is 0 Å². The SMILES string of the molecule is CCOC(=O)C(CC)c1ccc2c(c1)OCCCO2. The lowest BCUT2D eigenvalue weighted by molar-refractivity contribution is -0.145. The van der Waals surface area contributed by atoms with E-state index in [9.17, 15) is 4.79 Å². The minimum atomic E-state index is -0.239. The Morgan fingerprint density at radius 2 is 2.00 bits per heavy atom. The Morgan fingerprint density at radius 1 is 1.26 bits per heavy atom. The maximum Gasteiger partial charge on any atom is 0.313 e. The largest absolute Gasteiger partial charge is 0.490 e. The maximum atomic E-state index is 11.9. The van der Waals surface area contributed by atoms with E-state index >= 15 is 0 Å². The molecule has 104 valence electrons. The molecule has 0 aliphatic carbocycles. The van der Waals surface area contributed by atoms with Crippen molar-refractivity contribution in [2.45, 2.75) is 32.6 Å². The summed E-state index contributed by atoms with van der Waals surface area (Å²) in [5.41, 5.74) is 0.921. The summed E-state index contributed by atoms with van der Waals surface area (Å²) in [5.74, 6) is 1.05. The molecule has 0 fully saturated rings. The van der Waals surface area contributed by atoms with Gasteiger partial charge in [-0.3, -0.25) is 4.79 Å². The minimum absolute atomic E-state index is 0.181. The van der Waals surface area contributed by atoms with E-state index in [4.69, 9.17) is 14.2 Å². The van der Waals surface area contributed by atoms with Gasteiger partial charge in [0, 0.05) is 6.42 Å². The molecular formula is C15H20O4. The summed E-state index contributed by atoms with van der Waals surface area (Å²) in [4.78, 5) is 11.9. The zero-order chi connectivity index (χ0) is 13.7. The number of ether oxygens (including phenoxy) is 3. The summed E-state index contributed by atoms with van der Waals surface area (Å²) in [6, 6.07) is 5.68. The topological polar surface area (TPSA) is 44.8 Å². The fourth-order valence-corrected chi connectivity index (χ4v) is 2.18. The molecule has 1 aliphatic heterocycles. The van der Waals surface area contributed by atoms with Gasteiger partial charge in [-0.05, 0) is 31.0 Å². The fraction of sp³-hybridized carbons (Fsp3) is 0.533. The summed E-state index contributed by atoms with van der Waals surface area (Å²) in [6.45, 7) is 5.51. The van der Waals surface area contributed by atoms with Crippen LogP contribution in [0.2, 0.25) is 0 Å². The van der Waals surface area contributed by atoms with E-state index < -0.39 is 0 Å². The van der Waals surface area contributed by atoms with Crippen LogP contribution in [-0.2, 0) is 9.53 Å². The van der Waals surface area contributed by atoms with Gasteiger partial charge < -0.3 is 14.2 Å². The number of carbonyl (C=O) groups excluding carboxylic acids is 1. The molecule has 1 aromatic carbocycles. The summed E-state index contributed by atoms with van der Waals surface area (Å²) >= 11 is 0. The van der Waals surface area contributed by atoms with Crippen LogP contribution in [0.5, 0.6) is 11.5 Å². The van der Waals surface area contributed by atoms with Gasteiger partial charge in [0.15, 0.2) is 11.5 Å². The highest BCUT2D eigenvalue weighted by Crippen LogP contribution is 2.34. The van der Waals surface area contributed by atoms with E-state index in [1.54, 1.807) is 0 Å². The average molecular weight is 264 g/mol. The number of hydrogen-bond acceptors (Lipinski definition) is 4. The van der Waals surface area contributed by atoms with Gasteiger partial charge in [0.2, 0.25) is 0 Å². The maximum absolute atomic E-state index is 11.9. The van der Waals surface area contributed by atoms with Gasteiger partial charge in [-0.2, -0.15) is 0 Å². The number of rotatable bonds is 4. The van der Waals surface area contributed by atoms with Crippen molar-refractivity contribution >= 4 is 5.97 Å². The first-order valence-corrected chi connectivity index (χ1v) is 6.82. The van der Waals surface area contributed by atoms with Crippen LogP contribution in [0.25, 0.3) is 0 Å². The molecule has 0 N–H and O–H groups in total. The Kier molecular flexibility index (Phi) is 4.66. The van der Waals surface area contributed by atoms with Crippen LogP contribution >= 0.6 is 0 Å². The van der Waals surface area contributed by atoms with Gasteiger partial charge in [-0.15, -0.1) is 0 Å². The molecule has 19 heavy (non-hydrogen) atoms. The van der Waals surface area contributed by atoms with Crippen molar-refractivity contribution in [1.29, 1.82) is 0 Å². The molecule has 1 unspecified atom stereocenters. The minimum Gasteiger partial charge on any atom is -0.490 e. The van der Waals surface area contributed by atoms with Crippen molar-refractivity contribution in [2.75, 3.05) is 19.8 Å². The van der Waals surface area contributed by atoms with E-state index in [0.717, 1.165) is 23.5 Å². The summed E-state index contributed by atoms with van der Waals surface area (Å²) in [6.07, 6.45) is 1.58. The molecule has 4 nitrogen and oxygen atoms in total. The molecule has 1 aromatic rings. The zero-order valence-corrected chi connectivity index (χ0v) is 11.5. The highest BCUT2D eigenvalue weighted by molar-refractivity contribution is 5.78. The van der Waals surface area contributed by atoms with Crippen molar-refractivity contribution in [2.24, 2.45) is 0 Å². The number of carbonyl (C=O) groups is 1. The molecule has 0 aromatic heterocycles.